The molecular formula is C17H14O5. The number of hydrogen-bond donors (Lipinski definition) is 0. The lowest BCUT2D eigenvalue weighted by atomic mass is 10.2. The van der Waals surface area contributed by atoms with Crippen molar-refractivity contribution in [2.75, 3.05) is 6.61 Å². The summed E-state index contributed by atoms with van der Waals surface area (Å²) in [6.45, 7) is 3.91. The van der Waals surface area contributed by atoms with Crippen molar-refractivity contribution >= 4 is 11.9 Å². The van der Waals surface area contributed by atoms with Crippen molar-refractivity contribution in [3.63, 3.8) is 0 Å². The van der Waals surface area contributed by atoms with Gasteiger partial charge in [0, 0.05) is 0 Å². The second kappa shape index (κ2) is 7.64. The Morgan fingerprint density at radius 1 is 0.864 bits per heavy atom. The highest BCUT2D eigenvalue weighted by Gasteiger charge is 2.13. The van der Waals surface area contributed by atoms with Crippen LogP contribution >= 0.6 is 0 Å². The summed E-state index contributed by atoms with van der Waals surface area (Å²) in [6, 6.07) is 14.5. The van der Waals surface area contributed by atoms with Crippen molar-refractivity contribution < 1.29 is 24.1 Å². The van der Waals surface area contributed by atoms with E-state index in [1.807, 2.05) is 0 Å². The van der Waals surface area contributed by atoms with Gasteiger partial charge in [-0.3, -0.25) is 0 Å². The van der Waals surface area contributed by atoms with Gasteiger partial charge in [0.15, 0.2) is 0 Å². The van der Waals surface area contributed by atoms with Crippen molar-refractivity contribution in [1.82, 2.24) is 0 Å². The fourth-order valence-electron chi connectivity index (χ4n) is 1.59. The maximum atomic E-state index is 11.7. The monoisotopic (exact) mass is 298 g/mol. The van der Waals surface area contributed by atoms with Gasteiger partial charge < -0.3 is 4.74 Å². The first-order chi connectivity index (χ1) is 10.7. The fraction of sp³-hybridized carbons (Fsp3) is 0.0588. The minimum absolute atomic E-state index is 0.242. The molecule has 22 heavy (non-hydrogen) atoms. The molecule has 2 aromatic rings. The van der Waals surface area contributed by atoms with Crippen LogP contribution in [-0.2, 0) is 9.78 Å². The number of rotatable bonds is 5. The molecule has 0 atom stereocenters. The van der Waals surface area contributed by atoms with Gasteiger partial charge in [0.1, 0.15) is 12.4 Å². The average molecular weight is 298 g/mol. The molecule has 0 radical (unpaired) electrons. The molecule has 0 N–H and O–H groups in total. The third-order valence-electron chi connectivity index (χ3n) is 2.66. The molecule has 0 saturated carbocycles. The quantitative estimate of drug-likeness (QED) is 0.482. The molecule has 0 aliphatic rings. The average Bonchev–Trinajstić information content (AvgIpc) is 2.58. The normalized spacial score (nSPS) is 9.64. The molecular weight excluding hydrogens is 284 g/mol. The molecule has 0 aliphatic carbocycles. The predicted octanol–water partition coefficient (Wildman–Crippen LogP) is 3.18. The molecule has 5 heteroatoms. The highest BCUT2D eigenvalue weighted by atomic mass is 17.2. The zero-order chi connectivity index (χ0) is 15.8. The van der Waals surface area contributed by atoms with Crippen LogP contribution < -0.4 is 4.74 Å². The van der Waals surface area contributed by atoms with E-state index in [0.29, 0.717) is 17.9 Å². The first kappa shape index (κ1) is 15.3. The molecule has 0 spiro atoms. The van der Waals surface area contributed by atoms with Crippen LogP contribution in [0.2, 0.25) is 0 Å². The van der Waals surface area contributed by atoms with Crippen LogP contribution in [0.15, 0.2) is 67.3 Å². The van der Waals surface area contributed by atoms with Crippen LogP contribution in [0.4, 0.5) is 0 Å². The van der Waals surface area contributed by atoms with Gasteiger partial charge in [0.2, 0.25) is 0 Å². The predicted molar refractivity (Wildman–Crippen MR) is 79.4 cm³/mol. The van der Waals surface area contributed by atoms with Crippen molar-refractivity contribution in [3.8, 4) is 5.75 Å². The van der Waals surface area contributed by atoms with Gasteiger partial charge in [-0.05, 0) is 36.4 Å². The van der Waals surface area contributed by atoms with Crippen LogP contribution in [0.1, 0.15) is 20.7 Å². The smallest absolute Gasteiger partial charge is 0.386 e. The number of ether oxygens (including phenoxy) is 1. The molecule has 0 heterocycles. The maximum absolute atomic E-state index is 11.7. The minimum Gasteiger partial charge on any atom is -0.490 e. The summed E-state index contributed by atoms with van der Waals surface area (Å²) in [5, 5.41) is 0. The van der Waals surface area contributed by atoms with Gasteiger partial charge in [0.25, 0.3) is 0 Å². The van der Waals surface area contributed by atoms with E-state index >= 15 is 0 Å². The van der Waals surface area contributed by atoms with Gasteiger partial charge in [-0.25, -0.2) is 19.4 Å². The number of hydrogen-bond acceptors (Lipinski definition) is 5. The van der Waals surface area contributed by atoms with E-state index in [-0.39, 0.29) is 5.56 Å². The zero-order valence-corrected chi connectivity index (χ0v) is 11.7. The number of carbonyl (C=O) groups is 2. The molecule has 0 saturated heterocycles. The molecule has 112 valence electrons. The van der Waals surface area contributed by atoms with Crippen LogP contribution in [0.25, 0.3) is 0 Å². The molecule has 2 aromatic carbocycles. The third-order valence-corrected chi connectivity index (χ3v) is 2.66. The van der Waals surface area contributed by atoms with Crippen molar-refractivity contribution in [1.29, 1.82) is 0 Å². The largest absolute Gasteiger partial charge is 0.490 e. The Balaban J connectivity index is 1.89. The zero-order valence-electron chi connectivity index (χ0n) is 11.7. The summed E-state index contributed by atoms with van der Waals surface area (Å²) in [5.74, 6) is -0.905. The van der Waals surface area contributed by atoms with E-state index in [1.54, 1.807) is 48.5 Å². The van der Waals surface area contributed by atoms with Crippen LogP contribution in [0.5, 0.6) is 5.75 Å². The summed E-state index contributed by atoms with van der Waals surface area (Å²) in [5.41, 5.74) is 0.537. The highest BCUT2D eigenvalue weighted by molar-refractivity contribution is 5.92. The Kier molecular flexibility index (Phi) is 5.31. The molecule has 2 rings (SSSR count). The second-order valence-corrected chi connectivity index (χ2v) is 4.23. The summed E-state index contributed by atoms with van der Waals surface area (Å²) < 4.78 is 5.29. The molecule has 0 fully saturated rings. The molecule has 0 aromatic heterocycles. The van der Waals surface area contributed by atoms with Gasteiger partial charge in [-0.15, -0.1) is 0 Å². The molecule has 5 nitrogen and oxygen atoms in total. The lowest BCUT2D eigenvalue weighted by Gasteiger charge is -2.05. The van der Waals surface area contributed by atoms with Crippen LogP contribution in [0.3, 0.4) is 0 Å². The van der Waals surface area contributed by atoms with E-state index in [9.17, 15) is 9.59 Å². The molecule has 0 amide bonds. The SMILES string of the molecule is C=CCOc1ccc(C(=O)OOC(=O)c2ccccc2)cc1. The molecule has 0 unspecified atom stereocenters. The highest BCUT2D eigenvalue weighted by Crippen LogP contribution is 2.13. The van der Waals surface area contributed by atoms with Gasteiger partial charge >= 0.3 is 11.9 Å². The van der Waals surface area contributed by atoms with Crippen molar-refractivity contribution in [2.45, 2.75) is 0 Å². The Bertz CT molecular complexity index is 647. The summed E-state index contributed by atoms with van der Waals surface area (Å²) >= 11 is 0. The second-order valence-electron chi connectivity index (χ2n) is 4.23. The third kappa shape index (κ3) is 4.21. The number of carbonyl (C=O) groups excluding carboxylic acids is 2. The maximum Gasteiger partial charge on any atom is 0.386 e. The van der Waals surface area contributed by atoms with Crippen molar-refractivity contribution in [3.05, 3.63) is 78.4 Å². The lowest BCUT2D eigenvalue weighted by molar-refractivity contribution is -0.187. The standard InChI is InChI=1S/C17H14O5/c1-2-12-20-15-10-8-14(9-11-15)17(19)22-21-16(18)13-6-4-3-5-7-13/h2-11H,1,12H2. The van der Waals surface area contributed by atoms with Crippen LogP contribution in [-0.4, -0.2) is 18.5 Å². The van der Waals surface area contributed by atoms with Gasteiger partial charge in [-0.2, -0.15) is 0 Å². The fourth-order valence-corrected chi connectivity index (χ4v) is 1.59. The summed E-state index contributed by atoms with van der Waals surface area (Å²) in [4.78, 5) is 32.4. The number of benzene rings is 2. The van der Waals surface area contributed by atoms with E-state index < -0.39 is 11.9 Å². The van der Waals surface area contributed by atoms with Gasteiger partial charge in [-0.1, -0.05) is 30.9 Å². The topological polar surface area (TPSA) is 61.8 Å². The Morgan fingerprint density at radius 3 is 1.95 bits per heavy atom. The van der Waals surface area contributed by atoms with Gasteiger partial charge in [0.05, 0.1) is 11.1 Å². The van der Waals surface area contributed by atoms with E-state index in [4.69, 9.17) is 4.74 Å². The Morgan fingerprint density at radius 2 is 1.41 bits per heavy atom. The molecule has 0 aliphatic heterocycles. The Labute approximate surface area is 127 Å². The minimum atomic E-state index is -0.764. The lowest BCUT2D eigenvalue weighted by Crippen LogP contribution is -2.11. The van der Waals surface area contributed by atoms with E-state index in [2.05, 4.69) is 16.4 Å². The van der Waals surface area contributed by atoms with E-state index in [0.717, 1.165) is 0 Å². The van der Waals surface area contributed by atoms with Crippen LogP contribution in [0, 0.1) is 0 Å². The molecule has 0 bridgehead atoms. The summed E-state index contributed by atoms with van der Waals surface area (Å²) in [7, 11) is 0. The first-order valence-corrected chi connectivity index (χ1v) is 6.52. The van der Waals surface area contributed by atoms with E-state index in [1.165, 1.54) is 12.1 Å². The summed E-state index contributed by atoms with van der Waals surface area (Å²) in [6.07, 6.45) is 1.62. The Hall–Kier alpha value is -3.08. The van der Waals surface area contributed by atoms with Crippen molar-refractivity contribution in [2.24, 2.45) is 0 Å². The first-order valence-electron chi connectivity index (χ1n) is 6.52.